The van der Waals surface area contributed by atoms with Crippen LogP contribution in [0.15, 0.2) is 97.1 Å². The normalized spacial score (nSPS) is 18.6. The lowest BCUT2D eigenvalue weighted by atomic mass is 9.76. The fraction of sp³-hybridized carbons (Fsp3) is 0.0476. The van der Waals surface area contributed by atoms with E-state index in [1.807, 2.05) is 0 Å². The molecule has 0 aromatic heterocycles. The van der Waals surface area contributed by atoms with Crippen LogP contribution in [0.1, 0.15) is 34.5 Å². The summed E-state index contributed by atoms with van der Waals surface area (Å²) in [5.74, 6) is 0. The van der Waals surface area contributed by atoms with E-state index in [0.717, 1.165) is 0 Å². The summed E-state index contributed by atoms with van der Waals surface area (Å²) in [6.07, 6.45) is -0.119. The molecule has 0 spiro atoms. The topological polar surface area (TPSA) is 9.23 Å². The molecule has 1 nitrogen and oxygen atoms in total. The van der Waals surface area contributed by atoms with Gasteiger partial charge in [-0.1, -0.05) is 97.1 Å². The number of fused-ring (bicyclic) bond motifs is 12. The van der Waals surface area contributed by atoms with Gasteiger partial charge in [0.2, 0.25) is 0 Å². The Morgan fingerprint density at radius 2 is 0.465 bits per heavy atom. The molecule has 12 aromatic carbocycles. The van der Waals surface area contributed by atoms with Crippen molar-refractivity contribution in [3.8, 4) is 0 Å². The van der Waals surface area contributed by atoms with Crippen LogP contribution in [0.3, 0.4) is 0 Å². The van der Waals surface area contributed by atoms with Crippen molar-refractivity contribution in [3.63, 3.8) is 0 Å². The van der Waals surface area contributed by atoms with Gasteiger partial charge in [0.05, 0.1) is 0 Å². The molecular weight excluding hydrogens is 520 g/mol. The van der Waals surface area contributed by atoms with E-state index in [4.69, 9.17) is 4.74 Å². The molecule has 2 aliphatic heterocycles. The highest BCUT2D eigenvalue weighted by Gasteiger charge is 2.48. The van der Waals surface area contributed by atoms with Crippen LogP contribution in [0.2, 0.25) is 0 Å². The summed E-state index contributed by atoms with van der Waals surface area (Å²) in [4.78, 5) is 0. The number of rotatable bonds is 0. The first-order valence-electron chi connectivity index (χ1n) is 15.4. The predicted molar refractivity (Wildman–Crippen MR) is 180 cm³/mol. The molecule has 0 saturated carbocycles. The van der Waals surface area contributed by atoms with Crippen LogP contribution in [0, 0.1) is 0 Å². The molecule has 0 unspecified atom stereocenters. The van der Waals surface area contributed by atoms with Crippen molar-refractivity contribution in [1.82, 2.24) is 0 Å². The van der Waals surface area contributed by atoms with E-state index >= 15 is 0 Å². The monoisotopic (exact) mass is 538 g/mol. The van der Waals surface area contributed by atoms with Gasteiger partial charge in [0.15, 0.2) is 0 Å². The summed E-state index contributed by atoms with van der Waals surface area (Å²) in [5, 5.41) is 28.0. The minimum Gasteiger partial charge on any atom is -0.356 e. The summed E-state index contributed by atoms with van der Waals surface area (Å²) in [5.41, 5.74) is 5.62. The van der Waals surface area contributed by atoms with Gasteiger partial charge in [-0.25, -0.2) is 0 Å². The van der Waals surface area contributed by atoms with Crippen LogP contribution in [0.4, 0.5) is 0 Å². The van der Waals surface area contributed by atoms with Crippen LogP contribution in [0.5, 0.6) is 0 Å². The van der Waals surface area contributed by atoms with Crippen molar-refractivity contribution in [2.24, 2.45) is 0 Å². The van der Waals surface area contributed by atoms with Crippen LogP contribution in [0.25, 0.3) is 108 Å². The predicted octanol–water partition coefficient (Wildman–Crippen LogP) is 11.4. The van der Waals surface area contributed by atoms with Crippen molar-refractivity contribution in [3.05, 3.63) is 119 Å². The highest BCUT2D eigenvalue weighted by Crippen LogP contribution is 2.65. The molecule has 43 heavy (non-hydrogen) atoms. The Kier molecular flexibility index (Phi) is 2.69. The Bertz CT molecular complexity index is 2780. The third kappa shape index (κ3) is 1.76. The molecule has 2 heterocycles. The van der Waals surface area contributed by atoms with Gasteiger partial charge in [0, 0.05) is 0 Å². The second kappa shape index (κ2) is 5.83. The third-order valence-corrected chi connectivity index (χ3v) is 11.9. The lowest BCUT2D eigenvalue weighted by molar-refractivity contribution is 0.0875. The van der Waals surface area contributed by atoms with Gasteiger partial charge in [-0.05, 0) is 130 Å². The fourth-order valence-electron chi connectivity index (χ4n) is 10.4. The minimum absolute atomic E-state index is 0.0593. The maximum absolute atomic E-state index is 7.21. The van der Waals surface area contributed by atoms with Crippen molar-refractivity contribution in [2.75, 3.05) is 0 Å². The van der Waals surface area contributed by atoms with Gasteiger partial charge in [-0.2, -0.15) is 0 Å². The van der Waals surface area contributed by atoms with E-state index in [0.29, 0.717) is 0 Å². The van der Waals surface area contributed by atoms with Gasteiger partial charge in [0.25, 0.3) is 0 Å². The third-order valence-electron chi connectivity index (χ3n) is 11.9. The van der Waals surface area contributed by atoms with Crippen molar-refractivity contribution < 1.29 is 4.74 Å². The zero-order valence-electron chi connectivity index (χ0n) is 22.8. The molecule has 0 radical (unpaired) electrons. The number of benzene rings is 10. The van der Waals surface area contributed by atoms with Crippen LogP contribution >= 0.6 is 0 Å². The average molecular weight is 539 g/mol. The van der Waals surface area contributed by atoms with Crippen LogP contribution in [-0.2, 0) is 4.74 Å². The number of hydrogen-bond donors (Lipinski definition) is 0. The van der Waals surface area contributed by atoms with E-state index in [9.17, 15) is 0 Å². The zero-order chi connectivity index (χ0) is 27.0. The van der Waals surface area contributed by atoms with E-state index in [1.54, 1.807) is 0 Å². The van der Waals surface area contributed by atoms with Crippen LogP contribution in [-0.4, -0.2) is 0 Å². The summed E-state index contributed by atoms with van der Waals surface area (Å²) in [6, 6.07) is 37.5. The van der Waals surface area contributed by atoms with E-state index < -0.39 is 0 Å². The van der Waals surface area contributed by atoms with Crippen molar-refractivity contribution in [1.29, 1.82) is 0 Å². The zero-order valence-corrected chi connectivity index (χ0v) is 22.8. The van der Waals surface area contributed by atoms with Gasteiger partial charge in [-0.15, -0.1) is 0 Å². The molecule has 12 aromatic rings. The van der Waals surface area contributed by atoms with E-state index in [2.05, 4.69) is 97.1 Å². The molecule has 0 N–H and O–H groups in total. The molecule has 14 rings (SSSR count). The molecule has 0 amide bonds. The molecule has 192 valence electrons. The molecule has 0 aliphatic carbocycles. The number of hydrogen-bond acceptors (Lipinski definition) is 1. The first kappa shape index (κ1) is 19.8. The second-order valence-electron chi connectivity index (χ2n) is 13.4. The fourth-order valence-corrected chi connectivity index (χ4v) is 10.4. The smallest absolute Gasteiger partial charge is 0.111 e. The molecule has 2 bridgehead atoms. The molecule has 2 aliphatic rings. The summed E-state index contributed by atoms with van der Waals surface area (Å²) in [6.45, 7) is 0. The maximum Gasteiger partial charge on any atom is 0.111 e. The lowest BCUT2D eigenvalue weighted by Gasteiger charge is -2.24. The highest BCUT2D eigenvalue weighted by atomic mass is 16.5. The quantitative estimate of drug-likeness (QED) is 0.175. The Morgan fingerprint density at radius 3 is 0.721 bits per heavy atom. The summed E-state index contributed by atoms with van der Waals surface area (Å²) >= 11 is 0. The Labute approximate surface area is 243 Å². The first-order valence-corrected chi connectivity index (χ1v) is 15.4. The van der Waals surface area contributed by atoms with E-state index in [1.165, 1.54) is 130 Å². The number of ether oxygens (including phenoxy) is 1. The van der Waals surface area contributed by atoms with E-state index in [-0.39, 0.29) is 12.2 Å². The SMILES string of the molecule is c1cc2ccc3c4c(c5ccc6ccc1c1c2c3c5c61)C1OC4c2c1c1ccc3ccc4ccc5ccc2c2c5c4c3c12. The lowest BCUT2D eigenvalue weighted by Crippen LogP contribution is -2.06. The first-order chi connectivity index (χ1) is 21.3. The Hall–Kier alpha value is -5.24. The Balaban J connectivity index is 1.24. The Morgan fingerprint density at radius 1 is 0.256 bits per heavy atom. The summed E-state index contributed by atoms with van der Waals surface area (Å²) < 4.78 is 7.21. The molecule has 1 heteroatoms. The van der Waals surface area contributed by atoms with Gasteiger partial charge in [0.1, 0.15) is 12.2 Å². The van der Waals surface area contributed by atoms with Crippen molar-refractivity contribution >= 4 is 108 Å². The molecular formula is C42H18O. The van der Waals surface area contributed by atoms with Gasteiger partial charge >= 0.3 is 0 Å². The van der Waals surface area contributed by atoms with Crippen LogP contribution < -0.4 is 0 Å². The van der Waals surface area contributed by atoms with Gasteiger partial charge in [-0.3, -0.25) is 0 Å². The maximum atomic E-state index is 7.21. The minimum atomic E-state index is -0.0593. The standard InChI is InChI=1S/C42H18O/c1-5-19-9-13-23-33-29(19)27-17(1)2-6-20-10-14-24(34(33)30(20)27)38-37(23)41-39-25-15-11-21-7-3-18-4-8-22-12-16-26(40(39)42(38)43-41)36-32(22)28(18)31(21)35(25)36/h1-16,41-42H. The van der Waals surface area contributed by atoms with Crippen molar-refractivity contribution in [2.45, 2.75) is 12.2 Å². The molecule has 0 atom stereocenters. The highest BCUT2D eigenvalue weighted by molar-refractivity contribution is 6.47. The second-order valence-corrected chi connectivity index (χ2v) is 13.4. The summed E-state index contributed by atoms with van der Waals surface area (Å²) in [7, 11) is 0. The largest absolute Gasteiger partial charge is 0.356 e. The molecule has 0 fully saturated rings. The van der Waals surface area contributed by atoms with Gasteiger partial charge < -0.3 is 4.74 Å². The molecule has 0 saturated heterocycles. The average Bonchev–Trinajstić information content (AvgIpc) is 3.83.